The topological polar surface area (TPSA) is 52.0 Å². The molecule has 0 bridgehead atoms. The largest absolute Gasteiger partial charge is 0.384 e. The lowest BCUT2D eigenvalue weighted by atomic mass is 10.3. The Morgan fingerprint density at radius 1 is 1.08 bits per heavy atom. The zero-order valence-electron chi connectivity index (χ0n) is 13.9. The Labute approximate surface area is 165 Å². The zero-order chi connectivity index (χ0) is 17.5. The summed E-state index contributed by atoms with van der Waals surface area (Å²) >= 11 is 3.95. The van der Waals surface area contributed by atoms with Crippen LogP contribution >= 0.6 is 34.4 Å². The molecule has 0 fully saturated rings. The first-order chi connectivity index (χ1) is 12.3. The second-order valence-electron chi connectivity index (χ2n) is 5.27. The van der Waals surface area contributed by atoms with Crippen LogP contribution in [-0.2, 0) is 11.3 Å². The van der Waals surface area contributed by atoms with Crippen molar-refractivity contribution in [3.8, 4) is 5.69 Å². The predicted octanol–water partition coefficient (Wildman–Crippen LogP) is 4.22. The van der Waals surface area contributed by atoms with E-state index in [4.69, 9.17) is 4.74 Å². The van der Waals surface area contributed by atoms with Crippen LogP contribution in [0.25, 0.3) is 5.69 Å². The summed E-state index contributed by atoms with van der Waals surface area (Å²) in [7, 11) is 1.71. The monoisotopic (exact) mass is 466 g/mol. The maximum absolute atomic E-state index is 5.14. The van der Waals surface area contributed by atoms with Gasteiger partial charge in [0.05, 0.1) is 13.2 Å². The Kier molecular flexibility index (Phi) is 6.71. The molecule has 1 heterocycles. The summed E-state index contributed by atoms with van der Waals surface area (Å²) in [6.45, 7) is 1.29. The highest BCUT2D eigenvalue weighted by Crippen LogP contribution is 2.22. The molecular formula is C18H19IN4OS. The molecule has 3 aromatic rings. The van der Waals surface area contributed by atoms with Gasteiger partial charge in [0.25, 0.3) is 0 Å². The first kappa shape index (κ1) is 18.2. The molecule has 1 N–H and O–H groups in total. The number of halogens is 1. The van der Waals surface area contributed by atoms with Crippen LogP contribution < -0.4 is 5.32 Å². The van der Waals surface area contributed by atoms with E-state index in [-0.39, 0.29) is 0 Å². The lowest BCUT2D eigenvalue weighted by molar-refractivity contribution is 0.218. The normalized spacial score (nSPS) is 10.8. The molecule has 0 aliphatic heterocycles. The van der Waals surface area contributed by atoms with Gasteiger partial charge < -0.3 is 10.1 Å². The molecule has 0 aliphatic carbocycles. The van der Waals surface area contributed by atoms with Crippen LogP contribution in [0.1, 0.15) is 5.82 Å². The zero-order valence-corrected chi connectivity index (χ0v) is 16.8. The van der Waals surface area contributed by atoms with Crippen LogP contribution in [0.15, 0.2) is 59.8 Å². The standard InChI is InChI=1S/C18H19IN4OS/c1-24-11-12-25-18-22-21-17(23(18)16-5-3-2-4-6-16)13-20-15-9-7-14(19)8-10-15/h2-10,20H,11-13H2,1H3. The summed E-state index contributed by atoms with van der Waals surface area (Å²) in [4.78, 5) is 0. The van der Waals surface area contributed by atoms with Crippen molar-refractivity contribution in [2.45, 2.75) is 11.7 Å². The number of aromatic nitrogens is 3. The number of thioether (sulfide) groups is 1. The first-order valence-electron chi connectivity index (χ1n) is 7.89. The van der Waals surface area contributed by atoms with Gasteiger partial charge in [-0.15, -0.1) is 10.2 Å². The van der Waals surface area contributed by atoms with E-state index in [1.165, 1.54) is 3.57 Å². The van der Waals surface area contributed by atoms with Crippen LogP contribution in [0, 0.1) is 3.57 Å². The molecule has 25 heavy (non-hydrogen) atoms. The third-order valence-electron chi connectivity index (χ3n) is 3.53. The van der Waals surface area contributed by atoms with Crippen molar-refractivity contribution >= 4 is 40.0 Å². The number of nitrogens with one attached hydrogen (secondary N) is 1. The number of methoxy groups -OCH3 is 1. The maximum atomic E-state index is 5.14. The molecule has 0 amide bonds. The van der Waals surface area contributed by atoms with Crippen molar-refractivity contribution in [2.75, 3.05) is 24.8 Å². The van der Waals surface area contributed by atoms with E-state index < -0.39 is 0 Å². The number of para-hydroxylation sites is 1. The number of anilines is 1. The van der Waals surface area contributed by atoms with Gasteiger partial charge in [0.1, 0.15) is 0 Å². The summed E-state index contributed by atoms with van der Waals surface area (Å²) in [5, 5.41) is 13.1. The fourth-order valence-corrected chi connectivity index (χ4v) is 3.54. The molecule has 0 aliphatic rings. The van der Waals surface area contributed by atoms with E-state index in [9.17, 15) is 0 Å². The average Bonchev–Trinajstić information content (AvgIpc) is 3.05. The Bertz CT molecular complexity index is 793. The van der Waals surface area contributed by atoms with E-state index in [0.29, 0.717) is 13.2 Å². The molecule has 130 valence electrons. The molecule has 0 spiro atoms. The molecule has 5 nitrogen and oxygen atoms in total. The van der Waals surface area contributed by atoms with Gasteiger partial charge in [0.15, 0.2) is 11.0 Å². The Morgan fingerprint density at radius 2 is 1.84 bits per heavy atom. The van der Waals surface area contributed by atoms with Crippen LogP contribution in [-0.4, -0.2) is 34.2 Å². The molecule has 2 aromatic carbocycles. The van der Waals surface area contributed by atoms with Gasteiger partial charge in [-0.1, -0.05) is 30.0 Å². The van der Waals surface area contributed by atoms with Crippen molar-refractivity contribution in [1.82, 2.24) is 14.8 Å². The highest BCUT2D eigenvalue weighted by atomic mass is 127. The van der Waals surface area contributed by atoms with Gasteiger partial charge >= 0.3 is 0 Å². The molecular weight excluding hydrogens is 447 g/mol. The average molecular weight is 466 g/mol. The molecule has 0 saturated carbocycles. The Hall–Kier alpha value is -1.58. The second-order valence-corrected chi connectivity index (χ2v) is 7.58. The number of rotatable bonds is 8. The van der Waals surface area contributed by atoms with Crippen LogP contribution in [0.2, 0.25) is 0 Å². The van der Waals surface area contributed by atoms with Gasteiger partial charge in [-0.3, -0.25) is 4.57 Å². The Balaban J connectivity index is 1.81. The summed E-state index contributed by atoms with van der Waals surface area (Å²) < 4.78 is 8.45. The lowest BCUT2D eigenvalue weighted by Gasteiger charge is -2.11. The summed E-state index contributed by atoms with van der Waals surface area (Å²) in [5.41, 5.74) is 2.13. The van der Waals surface area contributed by atoms with Gasteiger partial charge in [-0.05, 0) is 59.0 Å². The first-order valence-corrected chi connectivity index (χ1v) is 9.95. The smallest absolute Gasteiger partial charge is 0.195 e. The Morgan fingerprint density at radius 3 is 2.56 bits per heavy atom. The fourth-order valence-electron chi connectivity index (χ4n) is 2.31. The van der Waals surface area contributed by atoms with Gasteiger partial charge in [0.2, 0.25) is 0 Å². The van der Waals surface area contributed by atoms with E-state index in [0.717, 1.165) is 28.1 Å². The van der Waals surface area contributed by atoms with Crippen LogP contribution in [0.4, 0.5) is 5.69 Å². The number of hydrogen-bond donors (Lipinski definition) is 1. The van der Waals surface area contributed by atoms with Crippen molar-refractivity contribution in [3.05, 3.63) is 64.0 Å². The summed E-state index contributed by atoms with van der Waals surface area (Å²) in [6.07, 6.45) is 0. The second kappa shape index (κ2) is 9.21. The molecule has 3 rings (SSSR count). The molecule has 0 radical (unpaired) electrons. The van der Waals surface area contributed by atoms with Gasteiger partial charge in [-0.25, -0.2) is 0 Å². The lowest BCUT2D eigenvalue weighted by Crippen LogP contribution is -2.08. The molecule has 0 atom stereocenters. The van der Waals surface area contributed by atoms with Crippen molar-refractivity contribution in [1.29, 1.82) is 0 Å². The minimum absolute atomic E-state index is 0.604. The molecule has 0 unspecified atom stereocenters. The molecule has 7 heteroatoms. The van der Waals surface area contributed by atoms with Gasteiger partial charge in [-0.2, -0.15) is 0 Å². The third-order valence-corrected chi connectivity index (χ3v) is 5.14. The van der Waals surface area contributed by atoms with Crippen molar-refractivity contribution in [3.63, 3.8) is 0 Å². The van der Waals surface area contributed by atoms with Gasteiger partial charge in [0, 0.05) is 27.8 Å². The molecule has 1 aromatic heterocycles. The van der Waals surface area contributed by atoms with Crippen molar-refractivity contribution in [2.24, 2.45) is 0 Å². The maximum Gasteiger partial charge on any atom is 0.195 e. The minimum atomic E-state index is 0.604. The molecule has 0 saturated heterocycles. The van der Waals surface area contributed by atoms with Crippen molar-refractivity contribution < 1.29 is 4.74 Å². The highest BCUT2D eigenvalue weighted by Gasteiger charge is 2.14. The fraction of sp³-hybridized carbons (Fsp3) is 0.222. The minimum Gasteiger partial charge on any atom is -0.384 e. The van der Waals surface area contributed by atoms with E-state index in [1.54, 1.807) is 18.9 Å². The van der Waals surface area contributed by atoms with E-state index in [1.807, 2.05) is 18.2 Å². The number of hydrogen-bond acceptors (Lipinski definition) is 5. The van der Waals surface area contributed by atoms with Crippen LogP contribution in [0.3, 0.4) is 0 Å². The summed E-state index contributed by atoms with van der Waals surface area (Å²) in [6, 6.07) is 18.5. The third kappa shape index (κ3) is 4.96. The van der Waals surface area contributed by atoms with E-state index >= 15 is 0 Å². The quantitative estimate of drug-likeness (QED) is 0.306. The SMILES string of the molecule is COCCSc1nnc(CNc2ccc(I)cc2)n1-c1ccccc1. The predicted molar refractivity (Wildman–Crippen MR) is 110 cm³/mol. The summed E-state index contributed by atoms with van der Waals surface area (Å²) in [5.74, 6) is 1.72. The van der Waals surface area contributed by atoms with E-state index in [2.05, 4.69) is 79.1 Å². The number of nitrogens with zero attached hydrogens (tertiary/aromatic N) is 3. The number of benzene rings is 2. The number of ether oxygens (including phenoxy) is 1. The highest BCUT2D eigenvalue weighted by molar-refractivity contribution is 14.1. The van der Waals surface area contributed by atoms with Crippen LogP contribution in [0.5, 0.6) is 0 Å².